The van der Waals surface area contributed by atoms with E-state index >= 15 is 8.78 Å². The van der Waals surface area contributed by atoms with Crippen LogP contribution in [0.4, 0.5) is 14.5 Å². The van der Waals surface area contributed by atoms with Crippen LogP contribution in [0.25, 0.3) is 0 Å². The maximum Gasteiger partial charge on any atom is 0.321 e. The molecule has 192 valence electrons. The lowest BCUT2D eigenvalue weighted by atomic mass is 10.1. The van der Waals surface area contributed by atoms with Gasteiger partial charge in [0, 0.05) is 37.0 Å². The zero-order chi connectivity index (χ0) is 26.4. The van der Waals surface area contributed by atoms with Crippen molar-refractivity contribution in [3.8, 4) is 11.5 Å². The maximum atomic E-state index is 15.4. The second-order valence-electron chi connectivity index (χ2n) is 8.01. The molecule has 1 aliphatic rings. The number of nitrogen functional groups attached to an aromatic ring is 1. The minimum absolute atomic E-state index is 0.135. The van der Waals surface area contributed by atoms with Crippen molar-refractivity contribution >= 4 is 17.5 Å². The molecule has 0 fully saturated rings. The number of nitrogens with zero attached hydrogens (tertiary/aromatic N) is 2. The van der Waals surface area contributed by atoms with Gasteiger partial charge in [0.15, 0.2) is 11.7 Å². The van der Waals surface area contributed by atoms with Crippen LogP contribution in [0, 0.1) is 5.41 Å². The average molecular weight is 502 g/mol. The normalized spacial score (nSPS) is 15.6. The molecule has 1 heterocycles. The number of amidine groups is 1. The largest absolute Gasteiger partial charge is 0.465 e. The number of halogens is 2. The number of hydrogen-bond donors (Lipinski definition) is 3. The fraction of sp³-hybridized carbons (Fsp3) is 0.280. The topological polar surface area (TPSA) is 113 Å². The van der Waals surface area contributed by atoms with Crippen molar-refractivity contribution in [2.24, 2.45) is 5.73 Å². The first-order valence-electron chi connectivity index (χ1n) is 11.1. The number of esters is 1. The van der Waals surface area contributed by atoms with E-state index in [-0.39, 0.29) is 29.5 Å². The van der Waals surface area contributed by atoms with Crippen LogP contribution in [0.5, 0.6) is 11.5 Å². The molecule has 0 saturated heterocycles. The van der Waals surface area contributed by atoms with Gasteiger partial charge in [-0.05, 0) is 38.1 Å². The average Bonchev–Trinajstić information content (AvgIpc) is 2.85. The van der Waals surface area contributed by atoms with E-state index in [0.29, 0.717) is 5.56 Å². The molecule has 1 aliphatic heterocycles. The zero-order valence-corrected chi connectivity index (χ0v) is 20.5. The summed E-state index contributed by atoms with van der Waals surface area (Å²) in [6.07, 6.45) is -1.55. The molecule has 4 N–H and O–H groups in total. The van der Waals surface area contributed by atoms with Crippen molar-refractivity contribution < 1.29 is 27.8 Å². The van der Waals surface area contributed by atoms with E-state index in [2.05, 4.69) is 5.43 Å². The van der Waals surface area contributed by atoms with Gasteiger partial charge in [-0.15, -0.1) is 0 Å². The number of allylic oxidation sites excluding steroid dienone is 2. The summed E-state index contributed by atoms with van der Waals surface area (Å²) in [5, 5.41) is 8.59. The molecule has 1 atom stereocenters. The summed E-state index contributed by atoms with van der Waals surface area (Å²) in [4.78, 5) is 13.9. The second-order valence-corrected chi connectivity index (χ2v) is 8.01. The van der Waals surface area contributed by atoms with E-state index < -0.39 is 36.3 Å². The Bertz CT molecular complexity index is 1200. The van der Waals surface area contributed by atoms with Gasteiger partial charge in [-0.25, -0.2) is 19.2 Å². The molecule has 9 nitrogen and oxygen atoms in total. The molecule has 2 aromatic rings. The summed E-state index contributed by atoms with van der Waals surface area (Å²) in [6, 6.07) is 13.0. The molecule has 0 saturated carbocycles. The van der Waals surface area contributed by atoms with Crippen molar-refractivity contribution in [3.05, 3.63) is 77.2 Å². The van der Waals surface area contributed by atoms with Gasteiger partial charge in [0.05, 0.1) is 6.61 Å². The first kappa shape index (κ1) is 26.5. The van der Waals surface area contributed by atoms with Crippen LogP contribution in [-0.4, -0.2) is 50.3 Å². The third-order valence-corrected chi connectivity index (χ3v) is 5.19. The zero-order valence-electron chi connectivity index (χ0n) is 20.5. The number of anilines is 1. The number of hydrazine groups is 1. The molecular formula is C25H29F2N5O4. The second kappa shape index (κ2) is 11.5. The predicted octanol–water partition coefficient (Wildman–Crippen LogP) is 3.59. The van der Waals surface area contributed by atoms with Gasteiger partial charge in [0.25, 0.3) is 5.88 Å². The van der Waals surface area contributed by atoms with Crippen molar-refractivity contribution in [2.75, 3.05) is 32.1 Å². The molecule has 0 bridgehead atoms. The van der Waals surface area contributed by atoms with E-state index in [0.717, 1.165) is 10.7 Å². The summed E-state index contributed by atoms with van der Waals surface area (Å²) in [6.45, 7) is 2.63. The SMILES string of the molecule is CCOC(=O)CNN1C(Oc2cccc(N(C)C)c2)=C(F)C(C)=C(F)C1Oc1cccc(C(=N)N)c1. The molecule has 0 spiro atoms. The van der Waals surface area contributed by atoms with E-state index in [9.17, 15) is 4.79 Å². The third-order valence-electron chi connectivity index (χ3n) is 5.19. The first-order chi connectivity index (χ1) is 17.1. The number of benzene rings is 2. The minimum atomic E-state index is -1.55. The fourth-order valence-corrected chi connectivity index (χ4v) is 3.29. The van der Waals surface area contributed by atoms with Crippen LogP contribution in [-0.2, 0) is 9.53 Å². The van der Waals surface area contributed by atoms with Gasteiger partial charge in [0.2, 0.25) is 6.23 Å². The standard InChI is InChI=1S/C25H29F2N5O4/c1-5-34-20(33)14-30-32-24(35-18-10-6-8-16(12-18)23(28)29)21(26)15(2)22(27)25(32)36-19-11-7-9-17(13-19)31(3)4/h6-13,24,30H,5,14H2,1-4H3,(H3,28,29). The molecule has 0 aliphatic carbocycles. The molecule has 0 aromatic heterocycles. The molecular weight excluding hydrogens is 472 g/mol. The van der Waals surface area contributed by atoms with Crippen molar-refractivity contribution in [3.63, 3.8) is 0 Å². The number of carbonyl (C=O) groups is 1. The number of carbonyl (C=O) groups excluding carboxylic acids is 1. The van der Waals surface area contributed by atoms with Crippen LogP contribution in [0.1, 0.15) is 19.4 Å². The van der Waals surface area contributed by atoms with Gasteiger partial charge in [-0.1, -0.05) is 18.2 Å². The Hall–Kier alpha value is -4.12. The van der Waals surface area contributed by atoms with Crippen LogP contribution < -0.4 is 25.5 Å². The number of ether oxygens (including phenoxy) is 3. The van der Waals surface area contributed by atoms with Crippen LogP contribution in [0.3, 0.4) is 0 Å². The lowest BCUT2D eigenvalue weighted by molar-refractivity contribution is -0.144. The Kier molecular flexibility index (Phi) is 8.49. The van der Waals surface area contributed by atoms with Crippen LogP contribution >= 0.6 is 0 Å². The monoisotopic (exact) mass is 501 g/mol. The van der Waals surface area contributed by atoms with Gasteiger partial charge in [-0.2, -0.15) is 0 Å². The summed E-state index contributed by atoms with van der Waals surface area (Å²) in [5.41, 5.74) is 9.04. The smallest absolute Gasteiger partial charge is 0.321 e. The van der Waals surface area contributed by atoms with Crippen LogP contribution in [0.2, 0.25) is 0 Å². The van der Waals surface area contributed by atoms with Gasteiger partial charge >= 0.3 is 5.97 Å². The van der Waals surface area contributed by atoms with Crippen molar-refractivity contribution in [2.45, 2.75) is 20.1 Å². The Morgan fingerprint density at radius 3 is 2.53 bits per heavy atom. The number of nitrogens with one attached hydrogen (secondary N) is 2. The molecule has 0 radical (unpaired) electrons. The number of nitrogens with two attached hydrogens (primary N) is 1. The molecule has 2 aromatic carbocycles. The lowest BCUT2D eigenvalue weighted by Gasteiger charge is -2.36. The predicted molar refractivity (Wildman–Crippen MR) is 132 cm³/mol. The Morgan fingerprint density at radius 1 is 1.17 bits per heavy atom. The highest BCUT2D eigenvalue weighted by Gasteiger charge is 2.38. The van der Waals surface area contributed by atoms with E-state index in [1.807, 2.05) is 25.1 Å². The number of rotatable bonds is 10. The molecule has 11 heteroatoms. The quantitative estimate of drug-likeness (QED) is 0.257. The summed E-state index contributed by atoms with van der Waals surface area (Å²) >= 11 is 0. The summed E-state index contributed by atoms with van der Waals surface area (Å²) in [5.74, 6) is -2.72. The summed E-state index contributed by atoms with van der Waals surface area (Å²) < 4.78 is 47.4. The Labute approximate surface area is 208 Å². The van der Waals surface area contributed by atoms with E-state index in [4.69, 9.17) is 25.4 Å². The molecule has 36 heavy (non-hydrogen) atoms. The highest BCUT2D eigenvalue weighted by atomic mass is 19.1. The lowest BCUT2D eigenvalue weighted by Crippen LogP contribution is -2.53. The molecule has 1 unspecified atom stereocenters. The Morgan fingerprint density at radius 2 is 1.86 bits per heavy atom. The maximum absolute atomic E-state index is 15.4. The minimum Gasteiger partial charge on any atom is -0.465 e. The van der Waals surface area contributed by atoms with Crippen molar-refractivity contribution in [1.82, 2.24) is 10.4 Å². The highest BCUT2D eigenvalue weighted by molar-refractivity contribution is 5.95. The van der Waals surface area contributed by atoms with Gasteiger partial charge < -0.3 is 24.8 Å². The third kappa shape index (κ3) is 6.11. The van der Waals surface area contributed by atoms with E-state index in [1.165, 1.54) is 19.1 Å². The van der Waals surface area contributed by atoms with Crippen LogP contribution in [0.15, 0.2) is 71.6 Å². The summed E-state index contributed by atoms with van der Waals surface area (Å²) in [7, 11) is 3.68. The molecule has 0 amide bonds. The first-order valence-corrected chi connectivity index (χ1v) is 11.1. The number of hydrogen-bond acceptors (Lipinski definition) is 8. The molecule has 3 rings (SSSR count). The van der Waals surface area contributed by atoms with Gasteiger partial charge in [0.1, 0.15) is 23.9 Å². The Balaban J connectivity index is 2.01. The fourth-order valence-electron chi connectivity index (χ4n) is 3.29. The van der Waals surface area contributed by atoms with Gasteiger partial charge in [-0.3, -0.25) is 10.2 Å². The highest BCUT2D eigenvalue weighted by Crippen LogP contribution is 2.35. The van der Waals surface area contributed by atoms with Crippen molar-refractivity contribution in [1.29, 1.82) is 5.41 Å². The van der Waals surface area contributed by atoms with E-state index in [1.54, 1.807) is 37.3 Å².